The number of carbonyl (C=O) groups is 1. The van der Waals surface area contributed by atoms with Gasteiger partial charge in [0.1, 0.15) is 0 Å². The molecule has 23 heavy (non-hydrogen) atoms. The Hall–Kier alpha value is -1.07. The van der Waals surface area contributed by atoms with Crippen LogP contribution in [-0.2, 0) is 11.3 Å². The van der Waals surface area contributed by atoms with E-state index in [0.29, 0.717) is 12.0 Å². The summed E-state index contributed by atoms with van der Waals surface area (Å²) >= 11 is 1.72. The number of ether oxygens (including phenoxy) is 1. The zero-order valence-corrected chi connectivity index (χ0v) is 14.9. The smallest absolute Gasteiger partial charge is 0.220 e. The summed E-state index contributed by atoms with van der Waals surface area (Å²) in [6.45, 7) is 3.12. The lowest BCUT2D eigenvalue weighted by Gasteiger charge is -2.32. The molecule has 1 amide bonds. The van der Waals surface area contributed by atoms with Gasteiger partial charge in [0.15, 0.2) is 5.06 Å². The Morgan fingerprint density at radius 3 is 2.65 bits per heavy atom. The van der Waals surface area contributed by atoms with Gasteiger partial charge in [0, 0.05) is 37.0 Å². The van der Waals surface area contributed by atoms with E-state index < -0.39 is 0 Å². The second kappa shape index (κ2) is 8.15. The molecule has 4 nitrogen and oxygen atoms in total. The number of carbonyl (C=O) groups excluding carboxylic acids is 1. The van der Waals surface area contributed by atoms with Crippen LogP contribution < -0.4 is 10.1 Å². The van der Waals surface area contributed by atoms with E-state index in [0.717, 1.165) is 44.0 Å². The van der Waals surface area contributed by atoms with E-state index in [4.69, 9.17) is 4.74 Å². The molecule has 2 aliphatic rings. The van der Waals surface area contributed by atoms with Crippen molar-refractivity contribution in [3.05, 3.63) is 17.0 Å². The predicted molar refractivity (Wildman–Crippen MR) is 93.9 cm³/mol. The lowest BCUT2D eigenvalue weighted by Crippen LogP contribution is -2.44. The van der Waals surface area contributed by atoms with Crippen LogP contribution in [0.4, 0.5) is 0 Å². The highest BCUT2D eigenvalue weighted by molar-refractivity contribution is 7.13. The summed E-state index contributed by atoms with van der Waals surface area (Å²) in [7, 11) is 1.72. The number of thiophene rings is 1. The van der Waals surface area contributed by atoms with Gasteiger partial charge in [-0.05, 0) is 43.7 Å². The van der Waals surface area contributed by atoms with Crippen LogP contribution in [0.2, 0.25) is 0 Å². The lowest BCUT2D eigenvalue weighted by molar-refractivity contribution is -0.123. The molecule has 0 bridgehead atoms. The second-order valence-electron chi connectivity index (χ2n) is 6.90. The number of likely N-dealkylation sites (tertiary alicyclic amines) is 1. The molecule has 0 aromatic carbocycles. The van der Waals surface area contributed by atoms with Crippen molar-refractivity contribution in [2.75, 3.05) is 20.2 Å². The molecule has 0 atom stereocenters. The number of amides is 1. The van der Waals surface area contributed by atoms with Crippen LogP contribution in [0.25, 0.3) is 0 Å². The zero-order chi connectivity index (χ0) is 16.1. The molecule has 1 aliphatic carbocycles. The number of hydrogen-bond donors (Lipinski definition) is 1. The normalized spacial score (nSPS) is 20.7. The summed E-state index contributed by atoms with van der Waals surface area (Å²) in [5, 5.41) is 4.24. The summed E-state index contributed by atoms with van der Waals surface area (Å²) in [5.41, 5.74) is 0. The van der Waals surface area contributed by atoms with E-state index in [2.05, 4.69) is 16.3 Å². The van der Waals surface area contributed by atoms with E-state index in [-0.39, 0.29) is 5.91 Å². The topological polar surface area (TPSA) is 41.6 Å². The van der Waals surface area contributed by atoms with Crippen LogP contribution in [0.15, 0.2) is 12.1 Å². The van der Waals surface area contributed by atoms with Gasteiger partial charge in [-0.2, -0.15) is 0 Å². The number of methoxy groups -OCH3 is 1. The van der Waals surface area contributed by atoms with Gasteiger partial charge in [-0.15, -0.1) is 11.3 Å². The molecule has 3 rings (SSSR count). The molecule has 1 N–H and O–H groups in total. The van der Waals surface area contributed by atoms with Crippen molar-refractivity contribution < 1.29 is 9.53 Å². The molecule has 2 heterocycles. The van der Waals surface area contributed by atoms with Crippen LogP contribution in [0, 0.1) is 5.92 Å². The van der Waals surface area contributed by atoms with Crippen molar-refractivity contribution in [1.82, 2.24) is 10.2 Å². The second-order valence-corrected chi connectivity index (χ2v) is 8.03. The van der Waals surface area contributed by atoms with Gasteiger partial charge in [-0.1, -0.05) is 12.8 Å². The van der Waals surface area contributed by atoms with E-state index >= 15 is 0 Å². The summed E-state index contributed by atoms with van der Waals surface area (Å²) in [4.78, 5) is 16.0. The third-order valence-electron chi connectivity index (χ3n) is 5.12. The van der Waals surface area contributed by atoms with Crippen molar-refractivity contribution in [1.29, 1.82) is 0 Å². The average Bonchev–Trinajstić information content (AvgIpc) is 3.21. The molecule has 0 radical (unpaired) electrons. The largest absolute Gasteiger partial charge is 0.487 e. The van der Waals surface area contributed by atoms with E-state index in [9.17, 15) is 4.79 Å². The van der Waals surface area contributed by atoms with Gasteiger partial charge >= 0.3 is 0 Å². The van der Waals surface area contributed by atoms with Crippen molar-refractivity contribution in [3.63, 3.8) is 0 Å². The molecular weight excluding hydrogens is 308 g/mol. The first-order valence-electron chi connectivity index (χ1n) is 8.87. The number of hydrogen-bond acceptors (Lipinski definition) is 4. The maximum atomic E-state index is 12.1. The standard InChI is InChI=1S/C18H28N2O2S/c1-22-18-7-6-16(23-18)13-20-10-8-15(9-11-20)19-17(21)12-14-4-2-3-5-14/h6-7,14-15H,2-5,8-13H2,1H3,(H,19,21). The molecule has 0 spiro atoms. The predicted octanol–water partition coefficient (Wildman–Crippen LogP) is 3.42. The molecule has 1 aromatic heterocycles. The minimum Gasteiger partial charge on any atom is -0.487 e. The van der Waals surface area contributed by atoms with Gasteiger partial charge in [0.05, 0.1) is 7.11 Å². The number of nitrogens with zero attached hydrogens (tertiary/aromatic N) is 1. The molecule has 1 saturated heterocycles. The molecule has 128 valence electrons. The molecule has 1 aliphatic heterocycles. The van der Waals surface area contributed by atoms with Crippen LogP contribution in [-0.4, -0.2) is 37.0 Å². The van der Waals surface area contributed by atoms with Gasteiger partial charge in [-0.3, -0.25) is 9.69 Å². The molecule has 1 saturated carbocycles. The van der Waals surface area contributed by atoms with Gasteiger partial charge in [-0.25, -0.2) is 0 Å². The van der Waals surface area contributed by atoms with Crippen LogP contribution in [0.3, 0.4) is 0 Å². The number of nitrogens with one attached hydrogen (secondary N) is 1. The Kier molecular flexibility index (Phi) is 5.95. The van der Waals surface area contributed by atoms with Crippen molar-refractivity contribution in [3.8, 4) is 5.06 Å². The van der Waals surface area contributed by atoms with Crippen molar-refractivity contribution in [2.45, 2.75) is 57.5 Å². The first-order valence-corrected chi connectivity index (χ1v) is 9.69. The molecular formula is C18H28N2O2S. The number of piperidine rings is 1. The fourth-order valence-electron chi connectivity index (χ4n) is 3.77. The summed E-state index contributed by atoms with van der Waals surface area (Å²) < 4.78 is 5.25. The maximum Gasteiger partial charge on any atom is 0.220 e. The molecule has 2 fully saturated rings. The fraction of sp³-hybridized carbons (Fsp3) is 0.722. The monoisotopic (exact) mass is 336 g/mol. The zero-order valence-electron chi connectivity index (χ0n) is 14.1. The Morgan fingerprint density at radius 1 is 1.26 bits per heavy atom. The van der Waals surface area contributed by atoms with Gasteiger partial charge < -0.3 is 10.1 Å². The van der Waals surface area contributed by atoms with Crippen molar-refractivity contribution in [2.24, 2.45) is 5.92 Å². The summed E-state index contributed by atoms with van der Waals surface area (Å²) in [6, 6.07) is 4.56. The quantitative estimate of drug-likeness (QED) is 0.865. The lowest BCUT2D eigenvalue weighted by atomic mass is 10.0. The first kappa shape index (κ1) is 16.8. The Labute approximate surface area is 143 Å². The minimum absolute atomic E-state index is 0.276. The van der Waals surface area contributed by atoms with Crippen LogP contribution in [0.1, 0.15) is 49.8 Å². The maximum absolute atomic E-state index is 12.1. The summed E-state index contributed by atoms with van der Waals surface area (Å²) in [5.74, 6) is 0.919. The Morgan fingerprint density at radius 2 is 2.00 bits per heavy atom. The van der Waals surface area contributed by atoms with Gasteiger partial charge in [0.2, 0.25) is 5.91 Å². The third-order valence-corrected chi connectivity index (χ3v) is 6.15. The minimum atomic E-state index is 0.276. The van der Waals surface area contributed by atoms with Gasteiger partial charge in [0.25, 0.3) is 0 Å². The Balaban J connectivity index is 1.37. The van der Waals surface area contributed by atoms with E-state index in [1.165, 1.54) is 30.6 Å². The first-order chi connectivity index (χ1) is 11.2. The molecule has 0 unspecified atom stereocenters. The fourth-order valence-corrected chi connectivity index (χ4v) is 4.63. The highest BCUT2D eigenvalue weighted by Crippen LogP contribution is 2.28. The van der Waals surface area contributed by atoms with E-state index in [1.807, 2.05) is 6.07 Å². The van der Waals surface area contributed by atoms with Crippen LogP contribution in [0.5, 0.6) is 5.06 Å². The highest BCUT2D eigenvalue weighted by Gasteiger charge is 2.23. The van der Waals surface area contributed by atoms with E-state index in [1.54, 1.807) is 18.4 Å². The third kappa shape index (κ3) is 4.95. The Bertz CT molecular complexity index is 503. The molecule has 1 aromatic rings. The molecule has 5 heteroatoms. The number of rotatable bonds is 6. The summed E-state index contributed by atoms with van der Waals surface area (Å²) in [6.07, 6.45) is 7.99. The highest BCUT2D eigenvalue weighted by atomic mass is 32.1. The van der Waals surface area contributed by atoms with Crippen molar-refractivity contribution >= 4 is 17.2 Å². The SMILES string of the molecule is COc1ccc(CN2CCC(NC(=O)CC3CCCC3)CC2)s1. The van der Waals surface area contributed by atoms with Crippen LogP contribution >= 0.6 is 11.3 Å². The average molecular weight is 337 g/mol.